The molecule has 3 rings (SSSR count). The molecule has 1 fully saturated rings. The molecule has 0 bridgehead atoms. The Morgan fingerprint density at radius 1 is 1.29 bits per heavy atom. The van der Waals surface area contributed by atoms with E-state index in [0.717, 1.165) is 23.8 Å². The second kappa shape index (κ2) is 5.45. The van der Waals surface area contributed by atoms with Crippen molar-refractivity contribution in [3.8, 4) is 0 Å². The van der Waals surface area contributed by atoms with Gasteiger partial charge in [-0.05, 0) is 36.7 Å². The summed E-state index contributed by atoms with van der Waals surface area (Å²) in [6.07, 6.45) is 3.42. The monoisotopic (exact) mass is 301 g/mol. The lowest BCUT2D eigenvalue weighted by molar-refractivity contribution is 0.0876. The molecule has 21 heavy (non-hydrogen) atoms. The van der Waals surface area contributed by atoms with Gasteiger partial charge in [0.05, 0.1) is 5.56 Å². The highest BCUT2D eigenvalue weighted by molar-refractivity contribution is 7.17. The number of carbonyl (C=O) groups excluding carboxylic acids is 1. The lowest BCUT2D eigenvalue weighted by atomic mass is 9.70. The lowest BCUT2D eigenvalue weighted by Crippen LogP contribution is -2.42. The largest absolute Gasteiger partial charge is 0.349 e. The molecule has 1 amide bonds. The summed E-state index contributed by atoms with van der Waals surface area (Å²) in [5, 5.41) is 6.32. The Kier molecular flexibility index (Phi) is 3.78. The van der Waals surface area contributed by atoms with Crippen molar-refractivity contribution in [1.29, 1.82) is 0 Å². The number of amides is 1. The molecule has 3 heteroatoms. The van der Waals surface area contributed by atoms with Gasteiger partial charge >= 0.3 is 0 Å². The molecule has 112 valence electrons. The van der Waals surface area contributed by atoms with Crippen LogP contribution in [-0.2, 0) is 0 Å². The first-order valence-electron chi connectivity index (χ1n) is 7.72. The summed E-state index contributed by atoms with van der Waals surface area (Å²) in [7, 11) is 0. The second-order valence-electron chi connectivity index (χ2n) is 7.23. The van der Waals surface area contributed by atoms with Crippen molar-refractivity contribution in [1.82, 2.24) is 5.32 Å². The van der Waals surface area contributed by atoms with Gasteiger partial charge in [0.2, 0.25) is 0 Å². The zero-order valence-electron chi connectivity index (χ0n) is 13.0. The standard InChI is InChI=1S/C18H23NOS/c1-12-8-13(10-18(2,3)9-12)19-17(20)15-11-21-16-7-5-4-6-14(15)16/h4-7,11-13H,8-10H2,1-3H3,(H,19,20)/t12-,13-/m1/s1. The summed E-state index contributed by atoms with van der Waals surface area (Å²) in [5.74, 6) is 0.764. The van der Waals surface area contributed by atoms with Crippen molar-refractivity contribution < 1.29 is 4.79 Å². The maximum absolute atomic E-state index is 12.6. The van der Waals surface area contributed by atoms with Crippen molar-refractivity contribution in [2.24, 2.45) is 11.3 Å². The molecular weight excluding hydrogens is 278 g/mol. The molecule has 0 saturated heterocycles. The van der Waals surface area contributed by atoms with Gasteiger partial charge in [-0.25, -0.2) is 0 Å². The summed E-state index contributed by atoms with van der Waals surface area (Å²) in [6.45, 7) is 6.91. The minimum atomic E-state index is 0.0855. The van der Waals surface area contributed by atoms with Gasteiger partial charge in [0, 0.05) is 21.5 Å². The number of benzene rings is 1. The second-order valence-corrected chi connectivity index (χ2v) is 8.14. The van der Waals surface area contributed by atoms with Crippen molar-refractivity contribution in [2.45, 2.75) is 46.1 Å². The highest BCUT2D eigenvalue weighted by atomic mass is 32.1. The van der Waals surface area contributed by atoms with Crippen molar-refractivity contribution >= 4 is 27.3 Å². The van der Waals surface area contributed by atoms with Crippen LogP contribution in [0.1, 0.15) is 50.4 Å². The molecule has 1 saturated carbocycles. The average Bonchev–Trinajstić information content (AvgIpc) is 2.79. The molecule has 1 N–H and O–H groups in total. The van der Waals surface area contributed by atoms with E-state index in [1.807, 2.05) is 23.6 Å². The van der Waals surface area contributed by atoms with Gasteiger partial charge in [0.25, 0.3) is 5.91 Å². The first-order valence-corrected chi connectivity index (χ1v) is 8.60. The van der Waals surface area contributed by atoms with E-state index in [4.69, 9.17) is 0 Å². The van der Waals surface area contributed by atoms with Crippen LogP contribution in [0.2, 0.25) is 0 Å². The maximum atomic E-state index is 12.6. The highest BCUT2D eigenvalue weighted by Crippen LogP contribution is 2.38. The molecule has 0 spiro atoms. The molecule has 2 aromatic rings. The number of hydrogen-bond donors (Lipinski definition) is 1. The summed E-state index contributed by atoms with van der Waals surface area (Å²) in [4.78, 5) is 12.6. The fourth-order valence-corrected chi connectivity index (χ4v) is 4.81. The quantitative estimate of drug-likeness (QED) is 0.844. The number of fused-ring (bicyclic) bond motifs is 1. The first kappa shape index (κ1) is 14.6. The normalized spacial score (nSPS) is 24.9. The van der Waals surface area contributed by atoms with E-state index < -0.39 is 0 Å². The Morgan fingerprint density at radius 2 is 2.05 bits per heavy atom. The van der Waals surface area contributed by atoms with E-state index in [2.05, 4.69) is 32.2 Å². The van der Waals surface area contributed by atoms with E-state index in [9.17, 15) is 4.79 Å². The molecule has 1 aliphatic rings. The fourth-order valence-electron chi connectivity index (χ4n) is 3.87. The third-order valence-corrected chi connectivity index (χ3v) is 5.41. The van der Waals surface area contributed by atoms with E-state index in [0.29, 0.717) is 17.4 Å². The molecule has 1 aliphatic carbocycles. The third-order valence-electron chi connectivity index (χ3n) is 4.45. The van der Waals surface area contributed by atoms with Gasteiger partial charge in [-0.2, -0.15) is 0 Å². The predicted molar refractivity (Wildman–Crippen MR) is 89.9 cm³/mol. The SMILES string of the molecule is C[C@@H]1C[C@@H](NC(=O)c2csc3ccccc23)CC(C)(C)C1. The number of hydrogen-bond acceptors (Lipinski definition) is 2. The Bertz CT molecular complexity index is 658. The lowest BCUT2D eigenvalue weighted by Gasteiger charge is -2.39. The van der Waals surface area contributed by atoms with Crippen LogP contribution >= 0.6 is 11.3 Å². The molecular formula is C18H23NOS. The molecule has 0 radical (unpaired) electrons. The topological polar surface area (TPSA) is 29.1 Å². The van der Waals surface area contributed by atoms with Gasteiger partial charge < -0.3 is 5.32 Å². The molecule has 0 aliphatic heterocycles. The number of rotatable bonds is 2. The summed E-state index contributed by atoms with van der Waals surface area (Å²) in [6, 6.07) is 8.43. The van der Waals surface area contributed by atoms with Gasteiger partial charge in [0.1, 0.15) is 0 Å². The fraction of sp³-hybridized carbons (Fsp3) is 0.500. The summed E-state index contributed by atoms with van der Waals surface area (Å²) in [5.41, 5.74) is 1.15. The summed E-state index contributed by atoms with van der Waals surface area (Å²) >= 11 is 1.64. The van der Waals surface area contributed by atoms with E-state index >= 15 is 0 Å². The van der Waals surface area contributed by atoms with Crippen LogP contribution in [0.15, 0.2) is 29.6 Å². The van der Waals surface area contributed by atoms with Crippen LogP contribution in [0, 0.1) is 11.3 Å². The smallest absolute Gasteiger partial charge is 0.252 e. The van der Waals surface area contributed by atoms with Crippen LogP contribution in [0.3, 0.4) is 0 Å². The van der Waals surface area contributed by atoms with Crippen LogP contribution in [0.25, 0.3) is 10.1 Å². The maximum Gasteiger partial charge on any atom is 0.252 e. The van der Waals surface area contributed by atoms with Gasteiger partial charge in [-0.15, -0.1) is 11.3 Å². The molecule has 1 heterocycles. The average molecular weight is 301 g/mol. The Labute approximate surface area is 130 Å². The minimum Gasteiger partial charge on any atom is -0.349 e. The van der Waals surface area contributed by atoms with Crippen LogP contribution in [-0.4, -0.2) is 11.9 Å². The van der Waals surface area contributed by atoms with Crippen molar-refractivity contribution in [3.05, 3.63) is 35.2 Å². The molecule has 0 unspecified atom stereocenters. The molecule has 1 aromatic carbocycles. The predicted octanol–water partition coefficient (Wildman–Crippen LogP) is 4.85. The van der Waals surface area contributed by atoms with E-state index in [1.165, 1.54) is 11.1 Å². The van der Waals surface area contributed by atoms with Gasteiger partial charge in [-0.3, -0.25) is 4.79 Å². The zero-order chi connectivity index (χ0) is 15.0. The van der Waals surface area contributed by atoms with Crippen LogP contribution in [0.5, 0.6) is 0 Å². The Hall–Kier alpha value is -1.35. The Morgan fingerprint density at radius 3 is 2.81 bits per heavy atom. The summed E-state index contributed by atoms with van der Waals surface area (Å²) < 4.78 is 1.18. The zero-order valence-corrected chi connectivity index (χ0v) is 13.8. The van der Waals surface area contributed by atoms with Gasteiger partial charge in [0.15, 0.2) is 0 Å². The van der Waals surface area contributed by atoms with Crippen molar-refractivity contribution in [2.75, 3.05) is 0 Å². The van der Waals surface area contributed by atoms with Crippen molar-refractivity contribution in [3.63, 3.8) is 0 Å². The number of carbonyl (C=O) groups is 1. The molecule has 1 aromatic heterocycles. The third kappa shape index (κ3) is 3.13. The Balaban J connectivity index is 1.77. The van der Waals surface area contributed by atoms with E-state index in [1.54, 1.807) is 11.3 Å². The van der Waals surface area contributed by atoms with E-state index in [-0.39, 0.29) is 5.91 Å². The number of nitrogens with one attached hydrogen (secondary N) is 1. The minimum absolute atomic E-state index is 0.0855. The highest BCUT2D eigenvalue weighted by Gasteiger charge is 2.33. The number of thiophene rings is 1. The van der Waals surface area contributed by atoms with Crippen LogP contribution in [0.4, 0.5) is 0 Å². The first-order chi connectivity index (χ1) is 9.94. The van der Waals surface area contributed by atoms with Crippen LogP contribution < -0.4 is 5.32 Å². The van der Waals surface area contributed by atoms with Gasteiger partial charge in [-0.1, -0.05) is 39.0 Å². The molecule has 2 atom stereocenters. The molecule has 2 nitrogen and oxygen atoms in total.